The van der Waals surface area contributed by atoms with Crippen LogP contribution < -0.4 is 5.73 Å². The maximum Gasteiger partial charge on any atom is 0.314 e. The molecular formula is C11H13ClINO2. The summed E-state index contributed by atoms with van der Waals surface area (Å²) in [7, 11) is 0. The first-order valence-electron chi connectivity index (χ1n) is 4.82. The van der Waals surface area contributed by atoms with Crippen LogP contribution in [-0.2, 0) is 10.2 Å². The van der Waals surface area contributed by atoms with Gasteiger partial charge in [-0.2, -0.15) is 0 Å². The lowest BCUT2D eigenvalue weighted by atomic mass is 9.79. The zero-order valence-electron chi connectivity index (χ0n) is 8.62. The highest BCUT2D eigenvalue weighted by Crippen LogP contribution is 2.31. The maximum atomic E-state index is 11.4. The van der Waals surface area contributed by atoms with E-state index in [-0.39, 0.29) is 0 Å². The van der Waals surface area contributed by atoms with E-state index in [9.17, 15) is 9.90 Å². The van der Waals surface area contributed by atoms with Gasteiger partial charge in [-0.15, -0.1) is 0 Å². The topological polar surface area (TPSA) is 63.3 Å². The van der Waals surface area contributed by atoms with E-state index < -0.39 is 11.4 Å². The van der Waals surface area contributed by atoms with Crippen LogP contribution in [-0.4, -0.2) is 22.0 Å². The number of alkyl halides is 1. The molecule has 5 heteroatoms. The molecule has 0 heterocycles. The van der Waals surface area contributed by atoms with Crippen LogP contribution in [0.2, 0.25) is 5.02 Å². The highest BCUT2D eigenvalue weighted by molar-refractivity contribution is 14.1. The van der Waals surface area contributed by atoms with Crippen molar-refractivity contribution in [1.29, 1.82) is 0 Å². The van der Waals surface area contributed by atoms with Crippen LogP contribution in [0.3, 0.4) is 0 Å². The summed E-state index contributed by atoms with van der Waals surface area (Å²) in [6.07, 6.45) is 0.424. The van der Waals surface area contributed by atoms with Crippen LogP contribution in [0.15, 0.2) is 24.3 Å². The summed E-state index contributed by atoms with van der Waals surface area (Å²) in [6.45, 7) is 0.345. The SMILES string of the molecule is NCCC(CI)(C(=O)O)c1ccc(Cl)cc1. The number of hydrogen-bond acceptors (Lipinski definition) is 2. The smallest absolute Gasteiger partial charge is 0.314 e. The standard InChI is InChI=1S/C11H13ClINO2/c12-9-3-1-8(2-4-9)11(7-13,5-6-14)10(15)16/h1-4H,5-7,14H2,(H,15,16). The zero-order chi connectivity index (χ0) is 12.2. The van der Waals surface area contributed by atoms with Gasteiger partial charge in [-0.05, 0) is 30.7 Å². The van der Waals surface area contributed by atoms with Gasteiger partial charge in [0.2, 0.25) is 0 Å². The number of benzene rings is 1. The number of carboxylic acid groups (broad SMARTS) is 1. The molecule has 0 aromatic heterocycles. The lowest BCUT2D eigenvalue weighted by Gasteiger charge is -2.27. The van der Waals surface area contributed by atoms with Crippen molar-refractivity contribution in [2.75, 3.05) is 11.0 Å². The first-order chi connectivity index (χ1) is 7.56. The van der Waals surface area contributed by atoms with Crippen LogP contribution in [0.1, 0.15) is 12.0 Å². The van der Waals surface area contributed by atoms with Gasteiger partial charge in [-0.3, -0.25) is 4.79 Å². The van der Waals surface area contributed by atoms with Gasteiger partial charge >= 0.3 is 5.97 Å². The predicted molar refractivity (Wildman–Crippen MR) is 73.3 cm³/mol. The first-order valence-corrected chi connectivity index (χ1v) is 6.72. The van der Waals surface area contributed by atoms with Crippen molar-refractivity contribution in [3.63, 3.8) is 0 Å². The van der Waals surface area contributed by atoms with E-state index >= 15 is 0 Å². The lowest BCUT2D eigenvalue weighted by Crippen LogP contribution is -2.39. The Morgan fingerprint density at radius 3 is 2.38 bits per heavy atom. The summed E-state index contributed by atoms with van der Waals surface area (Å²) in [5, 5.41) is 9.99. The van der Waals surface area contributed by atoms with Gasteiger partial charge in [-0.25, -0.2) is 0 Å². The molecule has 3 nitrogen and oxygen atoms in total. The summed E-state index contributed by atoms with van der Waals surface area (Å²) >= 11 is 7.87. The molecule has 0 spiro atoms. The average Bonchev–Trinajstić information content (AvgIpc) is 2.27. The Kier molecular flexibility index (Phi) is 5.01. The van der Waals surface area contributed by atoms with E-state index in [2.05, 4.69) is 22.6 Å². The molecule has 1 aromatic rings. The summed E-state index contributed by atoms with van der Waals surface area (Å²) in [6, 6.07) is 6.92. The average molecular weight is 354 g/mol. The minimum Gasteiger partial charge on any atom is -0.481 e. The number of hydrogen-bond donors (Lipinski definition) is 2. The number of halogens is 2. The molecule has 1 unspecified atom stereocenters. The number of aliphatic carboxylic acids is 1. The third kappa shape index (κ3) is 2.67. The fraction of sp³-hybridized carbons (Fsp3) is 0.364. The van der Waals surface area contributed by atoms with E-state index in [0.717, 1.165) is 5.56 Å². The molecule has 88 valence electrons. The van der Waals surface area contributed by atoms with Gasteiger partial charge in [-0.1, -0.05) is 46.3 Å². The molecule has 0 saturated carbocycles. The third-order valence-corrected chi connectivity index (χ3v) is 4.16. The second-order valence-electron chi connectivity index (χ2n) is 3.57. The lowest BCUT2D eigenvalue weighted by molar-refractivity contribution is -0.143. The largest absolute Gasteiger partial charge is 0.481 e. The van der Waals surface area contributed by atoms with Crippen LogP contribution >= 0.6 is 34.2 Å². The summed E-state index contributed by atoms with van der Waals surface area (Å²) in [5.41, 5.74) is 5.35. The molecule has 0 saturated heterocycles. The van der Waals surface area contributed by atoms with Crippen molar-refractivity contribution < 1.29 is 9.90 Å². The molecule has 3 N–H and O–H groups in total. The van der Waals surface area contributed by atoms with Gasteiger partial charge in [0.25, 0.3) is 0 Å². The Bertz CT molecular complexity index is 369. The third-order valence-electron chi connectivity index (χ3n) is 2.61. The van der Waals surface area contributed by atoms with Gasteiger partial charge in [0.15, 0.2) is 0 Å². The minimum absolute atomic E-state index is 0.345. The molecule has 0 fully saturated rings. The Morgan fingerprint density at radius 1 is 1.44 bits per heavy atom. The van der Waals surface area contributed by atoms with E-state index in [0.29, 0.717) is 22.4 Å². The molecule has 1 atom stereocenters. The van der Waals surface area contributed by atoms with Crippen molar-refractivity contribution in [3.05, 3.63) is 34.9 Å². The van der Waals surface area contributed by atoms with Crippen molar-refractivity contribution in [1.82, 2.24) is 0 Å². The molecule has 0 aliphatic rings. The number of carbonyl (C=O) groups is 1. The number of nitrogens with two attached hydrogens (primary N) is 1. The molecule has 1 rings (SSSR count). The Hall–Kier alpha value is -0.330. The van der Waals surface area contributed by atoms with Gasteiger partial charge in [0.05, 0.1) is 0 Å². The highest BCUT2D eigenvalue weighted by Gasteiger charge is 2.38. The number of rotatable bonds is 5. The molecule has 0 bridgehead atoms. The van der Waals surface area contributed by atoms with Crippen molar-refractivity contribution >= 4 is 40.2 Å². The molecule has 0 aliphatic heterocycles. The van der Waals surface area contributed by atoms with E-state index in [1.54, 1.807) is 24.3 Å². The maximum absolute atomic E-state index is 11.4. The molecule has 16 heavy (non-hydrogen) atoms. The second kappa shape index (κ2) is 5.84. The Labute approximate surface area is 113 Å². The van der Waals surface area contributed by atoms with Crippen LogP contribution in [0.5, 0.6) is 0 Å². The van der Waals surface area contributed by atoms with Crippen molar-refractivity contribution in [2.24, 2.45) is 5.73 Å². The van der Waals surface area contributed by atoms with Crippen LogP contribution in [0.25, 0.3) is 0 Å². The Morgan fingerprint density at radius 2 is 2.00 bits per heavy atom. The van der Waals surface area contributed by atoms with Crippen LogP contribution in [0, 0.1) is 0 Å². The summed E-state index contributed by atoms with van der Waals surface area (Å²) in [5.74, 6) is -0.838. The molecule has 1 aromatic carbocycles. The zero-order valence-corrected chi connectivity index (χ0v) is 11.5. The van der Waals surface area contributed by atoms with Gasteiger partial charge < -0.3 is 10.8 Å². The van der Waals surface area contributed by atoms with Gasteiger partial charge in [0.1, 0.15) is 5.41 Å². The van der Waals surface area contributed by atoms with E-state index in [1.165, 1.54) is 0 Å². The second-order valence-corrected chi connectivity index (χ2v) is 4.77. The monoisotopic (exact) mass is 353 g/mol. The fourth-order valence-corrected chi connectivity index (χ4v) is 2.87. The first kappa shape index (κ1) is 13.7. The number of carboxylic acids is 1. The van der Waals surface area contributed by atoms with Crippen molar-refractivity contribution in [2.45, 2.75) is 11.8 Å². The fourth-order valence-electron chi connectivity index (χ4n) is 1.59. The van der Waals surface area contributed by atoms with Crippen LogP contribution in [0.4, 0.5) is 0 Å². The Balaban J connectivity index is 3.18. The van der Waals surface area contributed by atoms with E-state index in [4.69, 9.17) is 17.3 Å². The quantitative estimate of drug-likeness (QED) is 0.631. The van der Waals surface area contributed by atoms with E-state index in [1.807, 2.05) is 0 Å². The molecule has 0 aliphatic carbocycles. The molecular weight excluding hydrogens is 340 g/mol. The summed E-state index contributed by atoms with van der Waals surface area (Å²) in [4.78, 5) is 11.4. The molecule has 0 radical (unpaired) electrons. The minimum atomic E-state index is -0.903. The molecule has 0 amide bonds. The normalized spacial score (nSPS) is 14.4. The summed E-state index contributed by atoms with van der Waals surface area (Å²) < 4.78 is 0.485. The van der Waals surface area contributed by atoms with Crippen molar-refractivity contribution in [3.8, 4) is 0 Å². The highest BCUT2D eigenvalue weighted by atomic mass is 127. The van der Waals surface area contributed by atoms with Gasteiger partial charge in [0, 0.05) is 9.45 Å². The predicted octanol–water partition coefficient (Wildman–Crippen LogP) is 2.45.